The van der Waals surface area contributed by atoms with Crippen LogP contribution in [0.5, 0.6) is 0 Å². The van der Waals surface area contributed by atoms with Crippen molar-refractivity contribution in [3.63, 3.8) is 0 Å². The number of aromatic nitrogens is 3. The minimum atomic E-state index is -0.247. The van der Waals surface area contributed by atoms with Crippen LogP contribution in [0.15, 0.2) is 61.2 Å². The van der Waals surface area contributed by atoms with Crippen molar-refractivity contribution in [3.05, 3.63) is 83.8 Å². The highest BCUT2D eigenvalue weighted by molar-refractivity contribution is 5.92. The lowest BCUT2D eigenvalue weighted by Crippen LogP contribution is -2.29. The Kier molecular flexibility index (Phi) is 6.62. The first-order valence-electron chi connectivity index (χ1n) is 9.06. The zero-order chi connectivity index (χ0) is 19.8. The predicted molar refractivity (Wildman–Crippen MR) is 106 cm³/mol. The second-order valence-corrected chi connectivity index (χ2v) is 6.42. The van der Waals surface area contributed by atoms with E-state index in [-0.39, 0.29) is 11.7 Å². The molecule has 1 amide bonds. The molecule has 0 aliphatic heterocycles. The molecule has 0 unspecified atom stereocenters. The van der Waals surface area contributed by atoms with Crippen LogP contribution in [0.4, 0.5) is 10.2 Å². The molecule has 0 bridgehead atoms. The van der Waals surface area contributed by atoms with Crippen molar-refractivity contribution >= 4 is 11.7 Å². The van der Waals surface area contributed by atoms with Gasteiger partial charge in [0, 0.05) is 38.6 Å². The summed E-state index contributed by atoms with van der Waals surface area (Å²) in [6.07, 6.45) is 6.33. The third-order valence-corrected chi connectivity index (χ3v) is 4.35. The van der Waals surface area contributed by atoms with Gasteiger partial charge in [-0.15, -0.1) is 0 Å². The first kappa shape index (κ1) is 19.4. The lowest BCUT2D eigenvalue weighted by molar-refractivity contribution is 0.0790. The first-order valence-corrected chi connectivity index (χ1v) is 9.06. The van der Waals surface area contributed by atoms with Crippen molar-refractivity contribution in [1.82, 2.24) is 19.9 Å². The van der Waals surface area contributed by atoms with E-state index in [1.165, 1.54) is 18.5 Å². The Balaban J connectivity index is 1.52. The van der Waals surface area contributed by atoms with Crippen LogP contribution in [-0.2, 0) is 12.8 Å². The van der Waals surface area contributed by atoms with E-state index in [1.54, 1.807) is 42.5 Å². The molecule has 1 N–H and O–H groups in total. The van der Waals surface area contributed by atoms with E-state index >= 15 is 0 Å². The maximum atomic E-state index is 12.9. The minimum absolute atomic E-state index is 0.155. The summed E-state index contributed by atoms with van der Waals surface area (Å²) >= 11 is 0. The van der Waals surface area contributed by atoms with Gasteiger partial charge in [-0.25, -0.2) is 14.4 Å². The third kappa shape index (κ3) is 5.57. The van der Waals surface area contributed by atoms with Gasteiger partial charge in [0.2, 0.25) is 0 Å². The molecule has 3 aromatic rings. The molecule has 1 aromatic carbocycles. The Morgan fingerprint density at radius 3 is 2.50 bits per heavy atom. The van der Waals surface area contributed by atoms with Crippen LogP contribution in [0.1, 0.15) is 21.6 Å². The number of nitrogens with one attached hydrogen (secondary N) is 1. The number of likely N-dealkylation sites (N-methyl/N-ethyl adjacent to an activating group) is 1. The summed E-state index contributed by atoms with van der Waals surface area (Å²) in [5, 5.41) is 3.18. The summed E-state index contributed by atoms with van der Waals surface area (Å²) in [6.45, 7) is 1.20. The summed E-state index contributed by atoms with van der Waals surface area (Å²) in [5.41, 5.74) is 2.49. The molecule has 0 saturated carbocycles. The first-order chi connectivity index (χ1) is 13.6. The molecule has 0 aliphatic rings. The summed E-state index contributed by atoms with van der Waals surface area (Å²) in [5.74, 6) is 0.185. The molecule has 0 radical (unpaired) electrons. The normalized spacial score (nSPS) is 10.5. The standard InChI is InChI=1S/C21H22FN5O/c1-27(13-9-17-6-10-23-11-7-17)21(28)19-14-20(26-15-25-19)24-12-8-16-2-4-18(22)5-3-16/h2-7,10-11,14-15H,8-9,12-13H2,1H3,(H,24,25,26). The zero-order valence-corrected chi connectivity index (χ0v) is 15.7. The van der Waals surface area contributed by atoms with E-state index in [0.717, 1.165) is 24.0 Å². The van der Waals surface area contributed by atoms with E-state index in [4.69, 9.17) is 0 Å². The number of nitrogens with zero attached hydrogens (tertiary/aromatic N) is 4. The Morgan fingerprint density at radius 1 is 1.04 bits per heavy atom. The van der Waals surface area contributed by atoms with E-state index in [9.17, 15) is 9.18 Å². The third-order valence-electron chi connectivity index (χ3n) is 4.35. The highest BCUT2D eigenvalue weighted by atomic mass is 19.1. The van der Waals surface area contributed by atoms with Crippen molar-refractivity contribution in [2.24, 2.45) is 0 Å². The van der Waals surface area contributed by atoms with Crippen molar-refractivity contribution in [2.75, 3.05) is 25.5 Å². The van der Waals surface area contributed by atoms with Crippen molar-refractivity contribution < 1.29 is 9.18 Å². The van der Waals surface area contributed by atoms with Crippen LogP contribution in [0, 0.1) is 5.82 Å². The molecular formula is C21H22FN5O. The second-order valence-electron chi connectivity index (χ2n) is 6.42. The van der Waals surface area contributed by atoms with Crippen LogP contribution in [-0.4, -0.2) is 45.9 Å². The fraction of sp³-hybridized carbons (Fsp3) is 0.238. The average Bonchev–Trinajstić information content (AvgIpc) is 2.74. The van der Waals surface area contributed by atoms with Gasteiger partial charge in [0.25, 0.3) is 5.91 Å². The number of carbonyl (C=O) groups is 1. The summed E-state index contributed by atoms with van der Waals surface area (Å²) in [4.78, 5) is 26.5. The van der Waals surface area contributed by atoms with E-state index < -0.39 is 0 Å². The quantitative estimate of drug-likeness (QED) is 0.652. The van der Waals surface area contributed by atoms with Gasteiger partial charge in [-0.05, 0) is 48.2 Å². The largest absolute Gasteiger partial charge is 0.370 e. The fourth-order valence-electron chi connectivity index (χ4n) is 2.70. The van der Waals surface area contributed by atoms with E-state index in [0.29, 0.717) is 24.6 Å². The molecule has 0 fully saturated rings. The molecule has 6 nitrogen and oxygen atoms in total. The molecule has 2 heterocycles. The average molecular weight is 379 g/mol. The number of hydrogen-bond donors (Lipinski definition) is 1. The number of halogens is 1. The van der Waals surface area contributed by atoms with Gasteiger partial charge in [-0.3, -0.25) is 9.78 Å². The second kappa shape index (κ2) is 9.55. The summed E-state index contributed by atoms with van der Waals surface area (Å²) < 4.78 is 12.9. The number of pyridine rings is 1. The van der Waals surface area contributed by atoms with Crippen LogP contribution < -0.4 is 5.32 Å². The number of benzene rings is 1. The van der Waals surface area contributed by atoms with Crippen LogP contribution in [0.25, 0.3) is 0 Å². The van der Waals surface area contributed by atoms with Crippen molar-refractivity contribution in [3.8, 4) is 0 Å². The smallest absolute Gasteiger partial charge is 0.272 e. The zero-order valence-electron chi connectivity index (χ0n) is 15.7. The molecule has 2 aromatic heterocycles. The Labute approximate surface area is 163 Å². The fourth-order valence-corrected chi connectivity index (χ4v) is 2.70. The molecule has 7 heteroatoms. The van der Waals surface area contributed by atoms with Gasteiger partial charge in [0.15, 0.2) is 0 Å². The maximum absolute atomic E-state index is 12.9. The van der Waals surface area contributed by atoms with E-state index in [2.05, 4.69) is 20.3 Å². The maximum Gasteiger partial charge on any atom is 0.272 e. The molecule has 0 atom stereocenters. The summed E-state index contributed by atoms with van der Waals surface area (Å²) in [6, 6.07) is 11.9. The van der Waals surface area contributed by atoms with Crippen LogP contribution in [0.2, 0.25) is 0 Å². The molecule has 144 valence electrons. The van der Waals surface area contributed by atoms with Gasteiger partial charge in [0.1, 0.15) is 23.7 Å². The highest BCUT2D eigenvalue weighted by Gasteiger charge is 2.14. The van der Waals surface area contributed by atoms with Gasteiger partial charge in [-0.2, -0.15) is 0 Å². The molecule has 3 rings (SSSR count). The molecule has 28 heavy (non-hydrogen) atoms. The van der Waals surface area contributed by atoms with Crippen LogP contribution in [0.3, 0.4) is 0 Å². The minimum Gasteiger partial charge on any atom is -0.370 e. The lowest BCUT2D eigenvalue weighted by atomic mass is 10.1. The topological polar surface area (TPSA) is 71.0 Å². The number of rotatable bonds is 8. The Bertz CT molecular complexity index is 902. The molecule has 0 spiro atoms. The van der Waals surface area contributed by atoms with Gasteiger partial charge >= 0.3 is 0 Å². The van der Waals surface area contributed by atoms with Crippen LogP contribution >= 0.6 is 0 Å². The molecular weight excluding hydrogens is 357 g/mol. The van der Waals surface area contributed by atoms with Crippen molar-refractivity contribution in [1.29, 1.82) is 0 Å². The number of anilines is 1. The summed E-state index contributed by atoms with van der Waals surface area (Å²) in [7, 11) is 1.76. The number of amides is 1. The predicted octanol–water partition coefficient (Wildman–Crippen LogP) is 2.98. The van der Waals surface area contributed by atoms with Gasteiger partial charge in [0.05, 0.1) is 0 Å². The highest BCUT2D eigenvalue weighted by Crippen LogP contribution is 2.09. The van der Waals surface area contributed by atoms with Gasteiger partial charge < -0.3 is 10.2 Å². The Morgan fingerprint density at radius 2 is 1.75 bits per heavy atom. The molecule has 0 aliphatic carbocycles. The number of hydrogen-bond acceptors (Lipinski definition) is 5. The number of carbonyl (C=O) groups excluding carboxylic acids is 1. The Hall–Kier alpha value is -3.35. The van der Waals surface area contributed by atoms with Gasteiger partial charge in [-0.1, -0.05) is 12.1 Å². The van der Waals surface area contributed by atoms with Crippen molar-refractivity contribution in [2.45, 2.75) is 12.8 Å². The molecule has 0 saturated heterocycles. The van der Waals surface area contributed by atoms with E-state index in [1.807, 2.05) is 12.1 Å². The lowest BCUT2D eigenvalue weighted by Gasteiger charge is -2.17. The monoisotopic (exact) mass is 379 g/mol. The SMILES string of the molecule is CN(CCc1ccncc1)C(=O)c1cc(NCCc2ccc(F)cc2)ncn1.